The normalized spacial score (nSPS) is 16.5. The zero-order valence-corrected chi connectivity index (χ0v) is 10.7. The molecule has 1 saturated heterocycles. The van der Waals surface area contributed by atoms with Gasteiger partial charge in [-0.3, -0.25) is 4.79 Å². The van der Waals surface area contributed by atoms with Crippen LogP contribution in [0.1, 0.15) is 23.2 Å². The minimum atomic E-state index is -0.0166. The summed E-state index contributed by atoms with van der Waals surface area (Å²) in [5.41, 5.74) is 0.627. The van der Waals surface area contributed by atoms with E-state index in [9.17, 15) is 4.79 Å². The lowest BCUT2D eigenvalue weighted by atomic mass is 10.1. The molecule has 92 valence electrons. The van der Waals surface area contributed by atoms with E-state index >= 15 is 0 Å². The summed E-state index contributed by atoms with van der Waals surface area (Å²) in [7, 11) is 1.81. The highest BCUT2D eigenvalue weighted by Gasteiger charge is 2.16. The van der Waals surface area contributed by atoms with E-state index in [-0.39, 0.29) is 5.91 Å². The highest BCUT2D eigenvalue weighted by Crippen LogP contribution is 2.17. The number of nitrogens with zero attached hydrogens (tertiary/aromatic N) is 1. The van der Waals surface area contributed by atoms with Crippen LogP contribution in [-0.4, -0.2) is 35.5 Å². The van der Waals surface area contributed by atoms with Crippen molar-refractivity contribution in [3.63, 3.8) is 0 Å². The van der Waals surface area contributed by atoms with Crippen LogP contribution in [0.4, 0.5) is 5.82 Å². The fraction of sp³-hybridized carbons (Fsp3) is 0.500. The first-order chi connectivity index (χ1) is 8.29. The maximum Gasteiger partial charge on any atom is 0.253 e. The van der Waals surface area contributed by atoms with Crippen molar-refractivity contribution in [2.75, 3.05) is 23.9 Å². The highest BCUT2D eigenvalue weighted by atomic mass is 32.2. The number of carbonyl (C=O) groups excluding carboxylic acids is 1. The number of rotatable bonds is 3. The summed E-state index contributed by atoms with van der Waals surface area (Å²) >= 11 is 1.95. The van der Waals surface area contributed by atoms with Crippen molar-refractivity contribution in [2.24, 2.45) is 0 Å². The molecule has 17 heavy (non-hydrogen) atoms. The molecule has 0 aliphatic carbocycles. The van der Waals surface area contributed by atoms with Gasteiger partial charge < -0.3 is 10.6 Å². The molecule has 1 aromatic heterocycles. The van der Waals surface area contributed by atoms with Crippen LogP contribution in [0.3, 0.4) is 0 Å². The number of carbonyl (C=O) groups is 1. The van der Waals surface area contributed by atoms with Crippen molar-refractivity contribution in [1.82, 2.24) is 10.3 Å². The Hall–Kier alpha value is -1.23. The summed E-state index contributed by atoms with van der Waals surface area (Å²) < 4.78 is 0. The second kappa shape index (κ2) is 5.91. The van der Waals surface area contributed by atoms with Crippen LogP contribution in [-0.2, 0) is 0 Å². The van der Waals surface area contributed by atoms with Gasteiger partial charge in [0.15, 0.2) is 0 Å². The van der Waals surface area contributed by atoms with Gasteiger partial charge in [-0.25, -0.2) is 4.98 Å². The Morgan fingerprint density at radius 1 is 1.41 bits per heavy atom. The molecule has 1 fully saturated rings. The first kappa shape index (κ1) is 12.2. The molecule has 1 aliphatic rings. The topological polar surface area (TPSA) is 54.0 Å². The quantitative estimate of drug-likeness (QED) is 0.859. The van der Waals surface area contributed by atoms with E-state index in [4.69, 9.17) is 0 Å². The SMILES string of the molecule is CNc1ccc(C(=O)NC2CCSCC2)cn1. The van der Waals surface area contributed by atoms with Gasteiger partial charge in [0.1, 0.15) is 5.82 Å². The molecular weight excluding hydrogens is 234 g/mol. The Bertz CT molecular complexity index is 374. The van der Waals surface area contributed by atoms with Crippen molar-refractivity contribution in [3.05, 3.63) is 23.9 Å². The van der Waals surface area contributed by atoms with Crippen LogP contribution in [0.5, 0.6) is 0 Å². The van der Waals surface area contributed by atoms with E-state index in [1.807, 2.05) is 24.9 Å². The van der Waals surface area contributed by atoms with Crippen LogP contribution in [0.2, 0.25) is 0 Å². The summed E-state index contributed by atoms with van der Waals surface area (Å²) in [6, 6.07) is 3.94. The van der Waals surface area contributed by atoms with E-state index in [0.717, 1.165) is 30.2 Å². The molecule has 4 nitrogen and oxygen atoms in total. The Morgan fingerprint density at radius 2 is 2.18 bits per heavy atom. The first-order valence-corrected chi connectivity index (χ1v) is 6.97. The molecular formula is C12H17N3OS. The van der Waals surface area contributed by atoms with Crippen molar-refractivity contribution in [1.29, 1.82) is 0 Å². The lowest BCUT2D eigenvalue weighted by Gasteiger charge is -2.22. The third-order valence-corrected chi connectivity index (χ3v) is 3.89. The molecule has 1 aliphatic heterocycles. The number of amides is 1. The molecule has 2 N–H and O–H groups in total. The van der Waals surface area contributed by atoms with Gasteiger partial charge in [-0.05, 0) is 36.5 Å². The Labute approximate surface area is 106 Å². The van der Waals surface area contributed by atoms with E-state index in [2.05, 4.69) is 15.6 Å². The molecule has 1 aromatic rings. The Morgan fingerprint density at radius 3 is 2.76 bits per heavy atom. The predicted molar refractivity (Wildman–Crippen MR) is 71.6 cm³/mol. The highest BCUT2D eigenvalue weighted by molar-refractivity contribution is 7.99. The zero-order chi connectivity index (χ0) is 12.1. The molecule has 0 unspecified atom stereocenters. The molecule has 2 rings (SSSR count). The lowest BCUT2D eigenvalue weighted by molar-refractivity contribution is 0.0934. The van der Waals surface area contributed by atoms with Gasteiger partial charge in [-0.2, -0.15) is 11.8 Å². The lowest BCUT2D eigenvalue weighted by Crippen LogP contribution is -2.37. The van der Waals surface area contributed by atoms with E-state index < -0.39 is 0 Å². The summed E-state index contributed by atoms with van der Waals surface area (Å²) in [6.45, 7) is 0. The minimum Gasteiger partial charge on any atom is -0.373 e. The van der Waals surface area contributed by atoms with Crippen molar-refractivity contribution in [2.45, 2.75) is 18.9 Å². The molecule has 0 saturated carbocycles. The summed E-state index contributed by atoms with van der Waals surface area (Å²) in [6.07, 6.45) is 3.75. The maximum atomic E-state index is 11.9. The average Bonchev–Trinajstić information content (AvgIpc) is 2.40. The number of aromatic nitrogens is 1. The summed E-state index contributed by atoms with van der Waals surface area (Å²) in [4.78, 5) is 16.1. The van der Waals surface area contributed by atoms with Crippen LogP contribution in [0.25, 0.3) is 0 Å². The van der Waals surface area contributed by atoms with Crippen LogP contribution >= 0.6 is 11.8 Å². The van der Waals surface area contributed by atoms with Gasteiger partial charge in [0.25, 0.3) is 5.91 Å². The first-order valence-electron chi connectivity index (χ1n) is 5.82. The van der Waals surface area contributed by atoms with Gasteiger partial charge in [-0.1, -0.05) is 0 Å². The largest absolute Gasteiger partial charge is 0.373 e. The average molecular weight is 251 g/mol. The molecule has 0 atom stereocenters. The van der Waals surface area contributed by atoms with Gasteiger partial charge in [0, 0.05) is 19.3 Å². The van der Waals surface area contributed by atoms with Crippen LogP contribution in [0.15, 0.2) is 18.3 Å². The second-order valence-electron chi connectivity index (χ2n) is 4.04. The predicted octanol–water partition coefficient (Wildman–Crippen LogP) is 1.75. The summed E-state index contributed by atoms with van der Waals surface area (Å²) in [5, 5.41) is 5.99. The van der Waals surface area contributed by atoms with E-state index in [0.29, 0.717) is 11.6 Å². The number of hydrogen-bond acceptors (Lipinski definition) is 4. The van der Waals surface area contributed by atoms with Crippen molar-refractivity contribution < 1.29 is 4.79 Å². The fourth-order valence-corrected chi connectivity index (χ4v) is 2.89. The zero-order valence-electron chi connectivity index (χ0n) is 9.90. The molecule has 0 spiro atoms. The number of nitrogens with one attached hydrogen (secondary N) is 2. The van der Waals surface area contributed by atoms with Crippen LogP contribution in [0, 0.1) is 0 Å². The summed E-state index contributed by atoms with van der Waals surface area (Å²) in [5.74, 6) is 3.04. The smallest absolute Gasteiger partial charge is 0.253 e. The van der Waals surface area contributed by atoms with Crippen molar-refractivity contribution in [3.8, 4) is 0 Å². The molecule has 1 amide bonds. The van der Waals surface area contributed by atoms with Crippen molar-refractivity contribution >= 4 is 23.5 Å². The van der Waals surface area contributed by atoms with E-state index in [1.165, 1.54) is 0 Å². The van der Waals surface area contributed by atoms with E-state index in [1.54, 1.807) is 12.3 Å². The van der Waals surface area contributed by atoms with Gasteiger partial charge in [-0.15, -0.1) is 0 Å². The van der Waals surface area contributed by atoms with Gasteiger partial charge in [0.05, 0.1) is 5.56 Å². The number of thioether (sulfide) groups is 1. The molecule has 0 radical (unpaired) electrons. The molecule has 2 heterocycles. The number of anilines is 1. The fourth-order valence-electron chi connectivity index (χ4n) is 1.79. The standard InChI is InChI=1S/C12H17N3OS/c1-13-11-3-2-9(8-14-11)12(16)15-10-4-6-17-7-5-10/h2-3,8,10H,4-7H2,1H3,(H,13,14)(H,15,16). The Balaban J connectivity index is 1.93. The maximum absolute atomic E-state index is 11.9. The minimum absolute atomic E-state index is 0.0166. The molecule has 5 heteroatoms. The Kier molecular flexibility index (Phi) is 4.25. The third-order valence-electron chi connectivity index (χ3n) is 2.84. The number of pyridine rings is 1. The molecule has 0 aromatic carbocycles. The molecule has 0 bridgehead atoms. The second-order valence-corrected chi connectivity index (χ2v) is 5.27. The number of hydrogen-bond donors (Lipinski definition) is 2. The third kappa shape index (κ3) is 3.36. The van der Waals surface area contributed by atoms with Gasteiger partial charge >= 0.3 is 0 Å². The monoisotopic (exact) mass is 251 g/mol. The van der Waals surface area contributed by atoms with Gasteiger partial charge in [0.2, 0.25) is 0 Å². The van der Waals surface area contributed by atoms with Crippen LogP contribution < -0.4 is 10.6 Å².